The highest BCUT2D eigenvalue weighted by atomic mass is 19.1. The van der Waals surface area contributed by atoms with Crippen molar-refractivity contribution in [3.05, 3.63) is 10.1 Å². The van der Waals surface area contributed by atoms with E-state index >= 15 is 0 Å². The Balaban J connectivity index is 2.23. The minimum atomic E-state index is -2.07. The van der Waals surface area contributed by atoms with Gasteiger partial charge in [-0.1, -0.05) is 0 Å². The van der Waals surface area contributed by atoms with Crippen molar-refractivity contribution in [1.29, 1.82) is 0 Å². The van der Waals surface area contributed by atoms with Crippen molar-refractivity contribution >= 4 is 0 Å². The predicted octanol–water partition coefficient (Wildman–Crippen LogP) is 1.75. The first-order valence-corrected chi connectivity index (χ1v) is 3.96. The van der Waals surface area contributed by atoms with E-state index in [1.165, 1.54) is 0 Å². The smallest absolute Gasteiger partial charge is 0.261 e. The molecule has 2 saturated carbocycles. The van der Waals surface area contributed by atoms with Gasteiger partial charge >= 0.3 is 5.79 Å². The molecule has 0 radical (unpaired) electrons. The fourth-order valence-corrected chi connectivity index (χ4v) is 2.46. The molecule has 0 aromatic carbocycles. The average molecular weight is 159 g/mol. The van der Waals surface area contributed by atoms with Gasteiger partial charge in [0, 0.05) is 0 Å². The summed E-state index contributed by atoms with van der Waals surface area (Å²) < 4.78 is 13.4. The Labute approximate surface area is 63.7 Å². The molecule has 2 rings (SSSR count). The molecule has 0 N–H and O–H groups in total. The zero-order valence-corrected chi connectivity index (χ0v) is 6.12. The van der Waals surface area contributed by atoms with Crippen LogP contribution in [0.1, 0.15) is 25.7 Å². The molecule has 0 aromatic heterocycles. The van der Waals surface area contributed by atoms with Crippen LogP contribution >= 0.6 is 0 Å². The zero-order chi connectivity index (χ0) is 8.06. The third-order valence-electron chi connectivity index (χ3n) is 3.05. The second-order valence-electron chi connectivity index (χ2n) is 3.66. The molecule has 62 valence electrons. The van der Waals surface area contributed by atoms with E-state index in [9.17, 15) is 14.5 Å². The van der Waals surface area contributed by atoms with Crippen LogP contribution in [0.3, 0.4) is 0 Å². The number of nitrogens with zero attached hydrogens (tertiary/aromatic N) is 1. The molecule has 0 amide bonds. The van der Waals surface area contributed by atoms with Crippen molar-refractivity contribution in [2.24, 2.45) is 11.8 Å². The molecule has 0 saturated heterocycles. The van der Waals surface area contributed by atoms with Crippen molar-refractivity contribution in [1.82, 2.24) is 0 Å². The third-order valence-corrected chi connectivity index (χ3v) is 3.05. The molecular weight excluding hydrogens is 149 g/mol. The minimum absolute atomic E-state index is 0.157. The highest BCUT2D eigenvalue weighted by molar-refractivity contribution is 4.95. The van der Waals surface area contributed by atoms with Crippen molar-refractivity contribution in [2.45, 2.75) is 31.5 Å². The highest BCUT2D eigenvalue weighted by Gasteiger charge is 2.61. The van der Waals surface area contributed by atoms with Crippen LogP contribution in [0.4, 0.5) is 4.39 Å². The topological polar surface area (TPSA) is 43.1 Å². The second-order valence-corrected chi connectivity index (χ2v) is 3.66. The first kappa shape index (κ1) is 7.00. The van der Waals surface area contributed by atoms with E-state index in [4.69, 9.17) is 0 Å². The summed E-state index contributed by atoms with van der Waals surface area (Å²) >= 11 is 0. The molecular formula is C7H10FNO2. The lowest BCUT2D eigenvalue weighted by atomic mass is 9.93. The summed E-state index contributed by atoms with van der Waals surface area (Å²) in [5, 5.41) is 10.3. The molecule has 0 aliphatic heterocycles. The summed E-state index contributed by atoms with van der Waals surface area (Å²) in [6.45, 7) is 0. The maximum Gasteiger partial charge on any atom is 0.361 e. The SMILES string of the molecule is O=[N+]([O-])[C@@]1(F)C[C@H]2CC[C@@H]1C2. The van der Waals surface area contributed by atoms with Crippen molar-refractivity contribution in [3.63, 3.8) is 0 Å². The van der Waals surface area contributed by atoms with E-state index < -0.39 is 10.7 Å². The van der Waals surface area contributed by atoms with Crippen LogP contribution < -0.4 is 0 Å². The van der Waals surface area contributed by atoms with Crippen molar-refractivity contribution in [3.8, 4) is 0 Å². The lowest BCUT2D eigenvalue weighted by Crippen LogP contribution is -2.38. The minimum Gasteiger partial charge on any atom is -0.261 e. The lowest BCUT2D eigenvalue weighted by molar-refractivity contribution is -0.616. The maximum atomic E-state index is 13.4. The molecule has 0 spiro atoms. The normalized spacial score (nSPS) is 48.1. The molecule has 2 aliphatic carbocycles. The van der Waals surface area contributed by atoms with Crippen LogP contribution in [0.2, 0.25) is 0 Å². The maximum absolute atomic E-state index is 13.4. The Bertz CT molecular complexity index is 209. The van der Waals surface area contributed by atoms with Crippen molar-refractivity contribution < 1.29 is 9.31 Å². The van der Waals surface area contributed by atoms with Crippen LogP contribution in [-0.4, -0.2) is 10.7 Å². The van der Waals surface area contributed by atoms with Gasteiger partial charge in [-0.25, -0.2) is 0 Å². The van der Waals surface area contributed by atoms with Gasteiger partial charge in [-0.3, -0.25) is 10.1 Å². The Morgan fingerprint density at radius 2 is 2.27 bits per heavy atom. The van der Waals surface area contributed by atoms with E-state index in [0.29, 0.717) is 6.42 Å². The van der Waals surface area contributed by atoms with Gasteiger partial charge in [0.05, 0.1) is 17.3 Å². The Morgan fingerprint density at radius 3 is 2.55 bits per heavy atom. The molecule has 2 aliphatic rings. The van der Waals surface area contributed by atoms with Gasteiger partial charge in [-0.2, -0.15) is 4.39 Å². The number of hydrogen-bond donors (Lipinski definition) is 0. The van der Waals surface area contributed by atoms with E-state index in [0.717, 1.165) is 12.8 Å². The van der Waals surface area contributed by atoms with Crippen LogP contribution in [0.15, 0.2) is 0 Å². The number of hydrogen-bond acceptors (Lipinski definition) is 2. The molecule has 11 heavy (non-hydrogen) atoms. The van der Waals surface area contributed by atoms with Crippen LogP contribution in [0.5, 0.6) is 0 Å². The molecule has 4 heteroatoms. The summed E-state index contributed by atoms with van der Waals surface area (Å²) in [6.07, 6.45) is 2.59. The number of halogens is 1. The Morgan fingerprint density at radius 1 is 1.55 bits per heavy atom. The van der Waals surface area contributed by atoms with Gasteiger partial charge in [0.1, 0.15) is 0 Å². The Hall–Kier alpha value is -0.670. The summed E-state index contributed by atoms with van der Waals surface area (Å²) in [5.74, 6) is -2.07. The molecule has 3 atom stereocenters. The monoisotopic (exact) mass is 159 g/mol. The number of nitro groups is 1. The Kier molecular flexibility index (Phi) is 1.23. The average Bonchev–Trinajstić information content (AvgIpc) is 2.45. The predicted molar refractivity (Wildman–Crippen MR) is 36.3 cm³/mol. The molecule has 0 unspecified atom stereocenters. The second kappa shape index (κ2) is 1.93. The van der Waals surface area contributed by atoms with Gasteiger partial charge in [0.15, 0.2) is 0 Å². The molecule has 2 bridgehead atoms. The van der Waals surface area contributed by atoms with Crippen LogP contribution in [-0.2, 0) is 0 Å². The van der Waals surface area contributed by atoms with Gasteiger partial charge < -0.3 is 0 Å². The fraction of sp³-hybridized carbons (Fsp3) is 1.00. The number of rotatable bonds is 1. The molecule has 0 heterocycles. The molecule has 0 aromatic rings. The first-order chi connectivity index (χ1) is 5.13. The van der Waals surface area contributed by atoms with Crippen LogP contribution in [0.25, 0.3) is 0 Å². The first-order valence-electron chi connectivity index (χ1n) is 3.96. The summed E-state index contributed by atoms with van der Waals surface area (Å²) in [6, 6.07) is 0. The standard InChI is InChI=1S/C7H10FNO2/c8-7(9(10)11)4-5-1-2-6(7)3-5/h5-6H,1-4H2/t5-,6+,7-/m0/s1. The quantitative estimate of drug-likeness (QED) is 0.332. The van der Waals surface area contributed by atoms with E-state index in [1.54, 1.807) is 0 Å². The van der Waals surface area contributed by atoms with Gasteiger partial charge in [0.25, 0.3) is 0 Å². The lowest BCUT2D eigenvalue weighted by Gasteiger charge is -2.20. The van der Waals surface area contributed by atoms with Gasteiger partial charge in [-0.05, 0) is 25.2 Å². The largest absolute Gasteiger partial charge is 0.361 e. The zero-order valence-electron chi connectivity index (χ0n) is 6.12. The van der Waals surface area contributed by atoms with E-state index in [-0.39, 0.29) is 18.3 Å². The summed E-state index contributed by atoms with van der Waals surface area (Å²) in [4.78, 5) is 9.62. The number of fused-ring (bicyclic) bond motifs is 2. The van der Waals surface area contributed by atoms with Gasteiger partial charge in [-0.15, -0.1) is 0 Å². The molecule has 3 nitrogen and oxygen atoms in total. The summed E-state index contributed by atoms with van der Waals surface area (Å²) in [7, 11) is 0. The van der Waals surface area contributed by atoms with Gasteiger partial charge in [0.2, 0.25) is 0 Å². The number of alkyl halides is 1. The molecule has 2 fully saturated rings. The van der Waals surface area contributed by atoms with E-state index in [2.05, 4.69) is 0 Å². The highest BCUT2D eigenvalue weighted by Crippen LogP contribution is 2.52. The van der Waals surface area contributed by atoms with E-state index in [1.807, 2.05) is 0 Å². The fourth-order valence-electron chi connectivity index (χ4n) is 2.46. The summed E-state index contributed by atoms with van der Waals surface area (Å²) in [5.41, 5.74) is 0. The third kappa shape index (κ3) is 0.781. The van der Waals surface area contributed by atoms with Crippen molar-refractivity contribution in [2.75, 3.05) is 0 Å². The van der Waals surface area contributed by atoms with Crippen LogP contribution in [0, 0.1) is 22.0 Å².